The first-order chi connectivity index (χ1) is 4.86. The smallest absolute Gasteiger partial charge is 0.0703 e. The molecule has 0 aromatic rings. The molecule has 0 amide bonds. The molecule has 0 aliphatic carbocycles. The number of nitrogens with zero attached hydrogens (tertiary/aromatic N) is 2. The second-order valence-electron chi connectivity index (χ2n) is 2.48. The number of rotatable bonds is 3. The molecule has 3 nitrogen and oxygen atoms in total. The molecule has 0 bridgehead atoms. The number of hydrogen-bond donors (Lipinski definition) is 1. The van der Waals surface area contributed by atoms with Crippen molar-refractivity contribution in [2.45, 2.75) is 0 Å². The van der Waals surface area contributed by atoms with E-state index in [-0.39, 0.29) is 6.61 Å². The van der Waals surface area contributed by atoms with Crippen molar-refractivity contribution >= 4 is 0 Å². The van der Waals surface area contributed by atoms with Crippen LogP contribution in [0.2, 0.25) is 0 Å². The van der Waals surface area contributed by atoms with Gasteiger partial charge in [0.2, 0.25) is 0 Å². The highest BCUT2D eigenvalue weighted by atomic mass is 16.3. The van der Waals surface area contributed by atoms with Gasteiger partial charge in [-0.3, -0.25) is 4.90 Å². The van der Waals surface area contributed by atoms with Crippen molar-refractivity contribution in [2.75, 3.05) is 32.9 Å². The predicted molar refractivity (Wildman–Crippen MR) is 40.4 cm³/mol. The topological polar surface area (TPSA) is 26.7 Å². The Morgan fingerprint density at radius 2 is 2.30 bits per heavy atom. The molecule has 1 N–H and O–H groups in total. The summed E-state index contributed by atoms with van der Waals surface area (Å²) in [4.78, 5) is 4.33. The second-order valence-corrected chi connectivity index (χ2v) is 2.48. The Morgan fingerprint density at radius 3 is 2.80 bits per heavy atom. The molecule has 1 saturated heterocycles. The first-order valence-corrected chi connectivity index (χ1v) is 3.56. The minimum Gasteiger partial charge on any atom is -0.395 e. The summed E-state index contributed by atoms with van der Waals surface area (Å²) >= 11 is 0. The van der Waals surface area contributed by atoms with E-state index < -0.39 is 0 Å². The highest BCUT2D eigenvalue weighted by molar-refractivity contribution is 4.78. The molecule has 0 aromatic heterocycles. The molecule has 0 spiro atoms. The molecular formula is C7H14N2O. The van der Waals surface area contributed by atoms with Crippen molar-refractivity contribution in [3.05, 3.63) is 12.8 Å². The third kappa shape index (κ3) is 1.72. The van der Waals surface area contributed by atoms with E-state index in [1.165, 1.54) is 0 Å². The molecule has 0 radical (unpaired) electrons. The molecule has 1 aliphatic heterocycles. The van der Waals surface area contributed by atoms with Gasteiger partial charge in [0.15, 0.2) is 0 Å². The van der Waals surface area contributed by atoms with E-state index in [1.54, 1.807) is 0 Å². The average Bonchev–Trinajstić information content (AvgIpc) is 2.37. The Labute approximate surface area is 61.5 Å². The molecule has 0 unspecified atom stereocenters. The zero-order valence-electron chi connectivity index (χ0n) is 6.16. The predicted octanol–water partition coefficient (Wildman–Crippen LogP) is -0.303. The Kier molecular flexibility index (Phi) is 2.71. The highest BCUT2D eigenvalue weighted by Gasteiger charge is 2.14. The Bertz CT molecular complexity index is 116. The van der Waals surface area contributed by atoms with Gasteiger partial charge in [0.25, 0.3) is 0 Å². The molecule has 1 aliphatic rings. The van der Waals surface area contributed by atoms with Gasteiger partial charge in [-0.15, -0.1) is 0 Å². The van der Waals surface area contributed by atoms with Gasteiger partial charge < -0.3 is 10.0 Å². The van der Waals surface area contributed by atoms with Crippen molar-refractivity contribution in [3.63, 3.8) is 0 Å². The van der Waals surface area contributed by atoms with Gasteiger partial charge >= 0.3 is 0 Å². The maximum atomic E-state index is 8.60. The summed E-state index contributed by atoms with van der Waals surface area (Å²) in [6.07, 6.45) is 1.84. The average molecular weight is 142 g/mol. The van der Waals surface area contributed by atoms with Gasteiger partial charge in [-0.2, -0.15) is 0 Å². The van der Waals surface area contributed by atoms with Gasteiger partial charge in [0, 0.05) is 19.6 Å². The minimum atomic E-state index is 0.255. The van der Waals surface area contributed by atoms with Gasteiger partial charge in [0.05, 0.1) is 13.3 Å². The van der Waals surface area contributed by atoms with Crippen molar-refractivity contribution in [1.29, 1.82) is 0 Å². The van der Waals surface area contributed by atoms with E-state index in [2.05, 4.69) is 16.4 Å². The third-order valence-corrected chi connectivity index (χ3v) is 1.76. The van der Waals surface area contributed by atoms with Crippen LogP contribution in [0.3, 0.4) is 0 Å². The Hall–Kier alpha value is -0.540. The van der Waals surface area contributed by atoms with E-state index in [4.69, 9.17) is 5.11 Å². The third-order valence-electron chi connectivity index (χ3n) is 1.76. The van der Waals surface area contributed by atoms with Crippen LogP contribution in [0.4, 0.5) is 0 Å². The van der Waals surface area contributed by atoms with E-state index in [9.17, 15) is 0 Å². The molecule has 3 heteroatoms. The van der Waals surface area contributed by atoms with Gasteiger partial charge in [0.1, 0.15) is 0 Å². The molecule has 10 heavy (non-hydrogen) atoms. The SMILES string of the molecule is C=CN1CCN(CCO)C1. The van der Waals surface area contributed by atoms with Crippen molar-refractivity contribution in [3.8, 4) is 0 Å². The summed E-state index contributed by atoms with van der Waals surface area (Å²) in [6, 6.07) is 0. The van der Waals surface area contributed by atoms with Crippen LogP contribution in [-0.2, 0) is 0 Å². The molecule has 1 rings (SSSR count). The molecular weight excluding hydrogens is 128 g/mol. The van der Waals surface area contributed by atoms with E-state index in [0.29, 0.717) is 0 Å². The largest absolute Gasteiger partial charge is 0.395 e. The molecule has 1 fully saturated rings. The molecule has 58 valence electrons. The summed E-state index contributed by atoms with van der Waals surface area (Å²) in [5.41, 5.74) is 0. The van der Waals surface area contributed by atoms with Gasteiger partial charge in [-0.25, -0.2) is 0 Å². The van der Waals surface area contributed by atoms with E-state index in [1.807, 2.05) is 6.20 Å². The maximum absolute atomic E-state index is 8.60. The van der Waals surface area contributed by atoms with Crippen LogP contribution in [0.1, 0.15) is 0 Å². The van der Waals surface area contributed by atoms with Crippen LogP contribution >= 0.6 is 0 Å². The van der Waals surface area contributed by atoms with E-state index in [0.717, 1.165) is 26.3 Å². The number of aliphatic hydroxyl groups is 1. The molecule has 0 saturated carbocycles. The summed E-state index contributed by atoms with van der Waals surface area (Å²) in [6.45, 7) is 7.73. The quantitative estimate of drug-likeness (QED) is 0.586. The lowest BCUT2D eigenvalue weighted by atomic mass is 10.5. The fourth-order valence-electron chi connectivity index (χ4n) is 1.14. The summed E-state index contributed by atoms with van der Waals surface area (Å²) < 4.78 is 0. The van der Waals surface area contributed by atoms with Gasteiger partial charge in [-0.1, -0.05) is 6.58 Å². The van der Waals surface area contributed by atoms with Crippen molar-refractivity contribution < 1.29 is 5.11 Å². The standard InChI is InChI=1S/C7H14N2O/c1-2-8-3-4-9(7-8)5-6-10/h2,10H,1,3-7H2. The molecule has 0 aromatic carbocycles. The lowest BCUT2D eigenvalue weighted by molar-refractivity contribution is 0.207. The normalized spacial score (nSPS) is 19.9. The van der Waals surface area contributed by atoms with E-state index >= 15 is 0 Å². The Morgan fingerprint density at radius 1 is 1.50 bits per heavy atom. The van der Waals surface area contributed by atoms with Crippen LogP contribution in [-0.4, -0.2) is 47.8 Å². The molecule has 0 atom stereocenters. The zero-order chi connectivity index (χ0) is 7.40. The highest BCUT2D eigenvalue weighted by Crippen LogP contribution is 2.02. The first kappa shape index (κ1) is 7.57. The number of aliphatic hydroxyl groups excluding tert-OH is 1. The van der Waals surface area contributed by atoms with Crippen LogP contribution in [0.5, 0.6) is 0 Å². The summed E-state index contributed by atoms with van der Waals surface area (Å²) in [5, 5.41) is 8.60. The van der Waals surface area contributed by atoms with Crippen LogP contribution in [0.25, 0.3) is 0 Å². The zero-order valence-corrected chi connectivity index (χ0v) is 6.16. The fourth-order valence-corrected chi connectivity index (χ4v) is 1.14. The number of hydrogen-bond acceptors (Lipinski definition) is 3. The van der Waals surface area contributed by atoms with Crippen molar-refractivity contribution in [1.82, 2.24) is 9.80 Å². The second kappa shape index (κ2) is 3.58. The van der Waals surface area contributed by atoms with Crippen LogP contribution < -0.4 is 0 Å². The lowest BCUT2D eigenvalue weighted by Gasteiger charge is -2.14. The first-order valence-electron chi connectivity index (χ1n) is 3.56. The van der Waals surface area contributed by atoms with Crippen LogP contribution in [0, 0.1) is 0 Å². The lowest BCUT2D eigenvalue weighted by Crippen LogP contribution is -2.25. The van der Waals surface area contributed by atoms with Crippen molar-refractivity contribution in [2.24, 2.45) is 0 Å². The summed E-state index contributed by atoms with van der Waals surface area (Å²) in [7, 11) is 0. The maximum Gasteiger partial charge on any atom is 0.0703 e. The minimum absolute atomic E-state index is 0.255. The van der Waals surface area contributed by atoms with Gasteiger partial charge in [-0.05, 0) is 6.20 Å². The summed E-state index contributed by atoms with van der Waals surface area (Å²) in [5.74, 6) is 0. The monoisotopic (exact) mass is 142 g/mol. The number of β-amino-alcohol motifs (C(OH)–C–C–N with tert-alkyl or cyclic N) is 1. The Balaban J connectivity index is 2.21. The van der Waals surface area contributed by atoms with Crippen LogP contribution in [0.15, 0.2) is 12.8 Å². The fraction of sp³-hybridized carbons (Fsp3) is 0.714. The molecule has 1 heterocycles.